The van der Waals surface area contributed by atoms with Gasteiger partial charge in [-0.3, -0.25) is 9.59 Å². The molecule has 1 aromatic rings. The highest BCUT2D eigenvalue weighted by atomic mass is 16.5. The van der Waals surface area contributed by atoms with Crippen LogP contribution >= 0.6 is 0 Å². The summed E-state index contributed by atoms with van der Waals surface area (Å²) in [6.07, 6.45) is 1.85. The number of hydrogen-bond acceptors (Lipinski definition) is 3. The first-order valence-corrected chi connectivity index (χ1v) is 6.35. The molecule has 0 saturated heterocycles. The molecule has 0 spiro atoms. The van der Waals surface area contributed by atoms with Gasteiger partial charge in [-0.15, -0.1) is 0 Å². The lowest BCUT2D eigenvalue weighted by Gasteiger charge is -2.13. The van der Waals surface area contributed by atoms with Crippen molar-refractivity contribution in [3.63, 3.8) is 0 Å². The summed E-state index contributed by atoms with van der Waals surface area (Å²) in [5.41, 5.74) is 0. The SMILES string of the molecule is O=C(COc1ccccc1)NC1CCC(C(=O)O)C1. The summed E-state index contributed by atoms with van der Waals surface area (Å²) in [4.78, 5) is 22.5. The molecule has 0 aromatic heterocycles. The summed E-state index contributed by atoms with van der Waals surface area (Å²) in [7, 11) is 0. The van der Waals surface area contributed by atoms with Crippen LogP contribution in [0.1, 0.15) is 19.3 Å². The van der Waals surface area contributed by atoms with Crippen molar-refractivity contribution in [2.75, 3.05) is 6.61 Å². The number of carbonyl (C=O) groups excluding carboxylic acids is 1. The Balaban J connectivity index is 1.72. The van der Waals surface area contributed by atoms with Crippen molar-refractivity contribution in [2.45, 2.75) is 25.3 Å². The first-order chi connectivity index (χ1) is 9.15. The van der Waals surface area contributed by atoms with E-state index in [1.165, 1.54) is 0 Å². The molecule has 2 rings (SSSR count). The molecule has 102 valence electrons. The van der Waals surface area contributed by atoms with E-state index in [-0.39, 0.29) is 24.5 Å². The highest BCUT2D eigenvalue weighted by Crippen LogP contribution is 2.25. The summed E-state index contributed by atoms with van der Waals surface area (Å²) < 4.78 is 5.32. The van der Waals surface area contributed by atoms with Crippen LogP contribution in [0.2, 0.25) is 0 Å². The van der Waals surface area contributed by atoms with Crippen molar-refractivity contribution < 1.29 is 19.4 Å². The van der Waals surface area contributed by atoms with Gasteiger partial charge in [-0.25, -0.2) is 0 Å². The third-order valence-corrected chi connectivity index (χ3v) is 3.26. The Labute approximate surface area is 111 Å². The van der Waals surface area contributed by atoms with E-state index >= 15 is 0 Å². The van der Waals surface area contributed by atoms with E-state index in [9.17, 15) is 9.59 Å². The van der Waals surface area contributed by atoms with E-state index < -0.39 is 5.97 Å². The quantitative estimate of drug-likeness (QED) is 0.842. The van der Waals surface area contributed by atoms with Crippen LogP contribution in [0.25, 0.3) is 0 Å². The molecule has 2 N–H and O–H groups in total. The summed E-state index contributed by atoms with van der Waals surface area (Å²) in [6, 6.07) is 9.06. The van der Waals surface area contributed by atoms with Crippen molar-refractivity contribution in [3.8, 4) is 5.75 Å². The summed E-state index contributed by atoms with van der Waals surface area (Å²) >= 11 is 0. The Morgan fingerprint density at radius 2 is 2.00 bits per heavy atom. The van der Waals surface area contributed by atoms with Crippen molar-refractivity contribution in [1.82, 2.24) is 5.32 Å². The molecule has 0 bridgehead atoms. The number of aliphatic carboxylic acids is 1. The molecule has 1 aliphatic rings. The minimum absolute atomic E-state index is 0.0434. The van der Waals surface area contributed by atoms with E-state index in [1.54, 1.807) is 12.1 Å². The molecule has 0 aliphatic heterocycles. The summed E-state index contributed by atoms with van der Waals surface area (Å²) in [6.45, 7) is -0.0434. The molecule has 1 fully saturated rings. The highest BCUT2D eigenvalue weighted by Gasteiger charge is 2.30. The average Bonchev–Trinajstić information content (AvgIpc) is 2.86. The van der Waals surface area contributed by atoms with Gasteiger partial charge in [-0.05, 0) is 31.4 Å². The number of rotatable bonds is 5. The van der Waals surface area contributed by atoms with Gasteiger partial charge < -0.3 is 15.2 Å². The predicted octanol–water partition coefficient (Wildman–Crippen LogP) is 1.43. The zero-order valence-corrected chi connectivity index (χ0v) is 10.5. The minimum Gasteiger partial charge on any atom is -0.484 e. The number of para-hydroxylation sites is 1. The molecule has 1 aliphatic carbocycles. The zero-order chi connectivity index (χ0) is 13.7. The predicted molar refractivity (Wildman–Crippen MR) is 68.8 cm³/mol. The Morgan fingerprint density at radius 1 is 1.26 bits per heavy atom. The molecular formula is C14H17NO4. The van der Waals surface area contributed by atoms with Crippen molar-refractivity contribution in [1.29, 1.82) is 0 Å². The summed E-state index contributed by atoms with van der Waals surface area (Å²) in [5.74, 6) is -0.676. The second-order valence-corrected chi connectivity index (χ2v) is 4.71. The van der Waals surface area contributed by atoms with Crippen molar-refractivity contribution in [3.05, 3.63) is 30.3 Å². The van der Waals surface area contributed by atoms with Crippen LogP contribution in [0.3, 0.4) is 0 Å². The van der Waals surface area contributed by atoms with Crippen LogP contribution in [0.15, 0.2) is 30.3 Å². The molecule has 1 amide bonds. The molecule has 5 heteroatoms. The molecule has 19 heavy (non-hydrogen) atoms. The molecule has 1 saturated carbocycles. The van der Waals surface area contributed by atoms with E-state index in [0.29, 0.717) is 25.0 Å². The van der Waals surface area contributed by atoms with Gasteiger partial charge in [0, 0.05) is 6.04 Å². The van der Waals surface area contributed by atoms with Gasteiger partial charge >= 0.3 is 5.97 Å². The number of carboxylic acid groups (broad SMARTS) is 1. The first-order valence-electron chi connectivity index (χ1n) is 6.35. The second-order valence-electron chi connectivity index (χ2n) is 4.71. The lowest BCUT2D eigenvalue weighted by molar-refractivity contribution is -0.141. The van der Waals surface area contributed by atoms with E-state index in [4.69, 9.17) is 9.84 Å². The van der Waals surface area contributed by atoms with Crippen LogP contribution in [-0.4, -0.2) is 29.6 Å². The number of ether oxygens (including phenoxy) is 1. The number of nitrogens with one attached hydrogen (secondary N) is 1. The first kappa shape index (κ1) is 13.4. The monoisotopic (exact) mass is 263 g/mol. The Hall–Kier alpha value is -2.04. The topological polar surface area (TPSA) is 75.6 Å². The molecule has 0 radical (unpaired) electrons. The van der Waals surface area contributed by atoms with Crippen molar-refractivity contribution in [2.24, 2.45) is 5.92 Å². The van der Waals surface area contributed by atoms with Gasteiger partial charge in [-0.2, -0.15) is 0 Å². The van der Waals surface area contributed by atoms with Gasteiger partial charge in [0.1, 0.15) is 5.75 Å². The van der Waals surface area contributed by atoms with Crippen molar-refractivity contribution >= 4 is 11.9 Å². The molecule has 1 aromatic carbocycles. The Morgan fingerprint density at radius 3 is 2.63 bits per heavy atom. The average molecular weight is 263 g/mol. The number of carboxylic acids is 1. The lowest BCUT2D eigenvalue weighted by atomic mass is 10.1. The molecular weight excluding hydrogens is 246 g/mol. The largest absolute Gasteiger partial charge is 0.484 e. The third-order valence-electron chi connectivity index (χ3n) is 3.26. The number of carbonyl (C=O) groups is 2. The minimum atomic E-state index is -0.780. The fourth-order valence-corrected chi connectivity index (χ4v) is 2.27. The van der Waals surface area contributed by atoms with E-state index in [0.717, 1.165) is 0 Å². The Bertz CT molecular complexity index is 446. The zero-order valence-electron chi connectivity index (χ0n) is 10.5. The van der Waals surface area contributed by atoms with Gasteiger partial charge in [0.15, 0.2) is 6.61 Å². The second kappa shape index (κ2) is 6.22. The van der Waals surface area contributed by atoms with Gasteiger partial charge in [0.25, 0.3) is 5.91 Å². The molecule has 2 atom stereocenters. The van der Waals surface area contributed by atoms with Gasteiger partial charge in [-0.1, -0.05) is 18.2 Å². The smallest absolute Gasteiger partial charge is 0.306 e. The number of benzene rings is 1. The normalized spacial score (nSPS) is 21.9. The van der Waals surface area contributed by atoms with Gasteiger partial charge in [0.05, 0.1) is 5.92 Å². The fourth-order valence-electron chi connectivity index (χ4n) is 2.27. The van der Waals surface area contributed by atoms with E-state index in [1.807, 2.05) is 18.2 Å². The van der Waals surface area contributed by atoms with Crippen LogP contribution in [0, 0.1) is 5.92 Å². The fraction of sp³-hybridized carbons (Fsp3) is 0.429. The number of amides is 1. The van der Waals surface area contributed by atoms with Crippen LogP contribution in [-0.2, 0) is 9.59 Å². The Kier molecular flexibility index (Phi) is 4.39. The summed E-state index contributed by atoms with van der Waals surface area (Å²) in [5, 5.41) is 11.7. The standard InChI is InChI=1S/C14H17NO4/c16-13(9-19-12-4-2-1-3-5-12)15-11-7-6-10(8-11)14(17)18/h1-5,10-11H,6-9H2,(H,15,16)(H,17,18). The maximum Gasteiger partial charge on any atom is 0.306 e. The van der Waals surface area contributed by atoms with Crippen LogP contribution in [0.5, 0.6) is 5.75 Å². The maximum atomic E-state index is 11.7. The lowest BCUT2D eigenvalue weighted by Crippen LogP contribution is -2.36. The highest BCUT2D eigenvalue weighted by molar-refractivity contribution is 5.78. The maximum absolute atomic E-state index is 11.7. The molecule has 2 unspecified atom stereocenters. The number of hydrogen-bond donors (Lipinski definition) is 2. The van der Waals surface area contributed by atoms with Crippen LogP contribution in [0.4, 0.5) is 0 Å². The molecule has 0 heterocycles. The van der Waals surface area contributed by atoms with E-state index in [2.05, 4.69) is 5.32 Å². The van der Waals surface area contributed by atoms with Crippen LogP contribution < -0.4 is 10.1 Å². The molecule has 5 nitrogen and oxygen atoms in total. The van der Waals surface area contributed by atoms with Gasteiger partial charge in [0.2, 0.25) is 0 Å². The third kappa shape index (κ3) is 3.98.